The Morgan fingerprint density at radius 3 is 2.69 bits per heavy atom. The van der Waals surface area contributed by atoms with Crippen LogP contribution in [0.5, 0.6) is 0 Å². The van der Waals surface area contributed by atoms with Crippen LogP contribution in [0.4, 0.5) is 16.4 Å². The fourth-order valence-corrected chi connectivity index (χ4v) is 4.01. The number of cyclic esters (lactones) is 1. The van der Waals surface area contributed by atoms with Crippen molar-refractivity contribution < 1.29 is 14.3 Å². The molecule has 2 aliphatic heterocycles. The molecular formula is C21H23N5O3. The van der Waals surface area contributed by atoms with Crippen LogP contribution in [0.25, 0.3) is 0 Å². The van der Waals surface area contributed by atoms with Gasteiger partial charge in [-0.25, -0.2) is 9.78 Å². The zero-order valence-electron chi connectivity index (χ0n) is 16.5. The minimum absolute atomic E-state index is 0.0663. The van der Waals surface area contributed by atoms with Gasteiger partial charge in [0.15, 0.2) is 0 Å². The lowest BCUT2D eigenvalue weighted by molar-refractivity contribution is 0.0995. The quantitative estimate of drug-likeness (QED) is 0.840. The Hall–Kier alpha value is -3.00. The van der Waals surface area contributed by atoms with E-state index in [0.29, 0.717) is 42.8 Å². The molecule has 4 heterocycles. The molecule has 1 atom stereocenters. The Bertz CT molecular complexity index is 1000. The van der Waals surface area contributed by atoms with Crippen LogP contribution in [0.15, 0.2) is 24.3 Å². The maximum absolute atomic E-state index is 13.2. The highest BCUT2D eigenvalue weighted by atomic mass is 16.6. The number of pyridine rings is 2. The van der Waals surface area contributed by atoms with Gasteiger partial charge in [0.2, 0.25) is 0 Å². The molecule has 5 rings (SSSR count). The van der Waals surface area contributed by atoms with E-state index in [1.807, 2.05) is 26.1 Å². The van der Waals surface area contributed by atoms with Gasteiger partial charge in [-0.15, -0.1) is 0 Å². The predicted octanol–water partition coefficient (Wildman–Crippen LogP) is 2.58. The molecule has 2 aromatic heterocycles. The maximum atomic E-state index is 13.2. The molecule has 150 valence electrons. The SMILES string of the molecule is CNCc1nc(C2CC2)cc2c1CN(c1cccc(N3C(=O)OC[C@@H]3C)n1)C2=O. The van der Waals surface area contributed by atoms with Crippen molar-refractivity contribution >= 4 is 23.6 Å². The molecule has 2 amide bonds. The van der Waals surface area contributed by atoms with E-state index >= 15 is 0 Å². The molecule has 1 N–H and O–H groups in total. The topological polar surface area (TPSA) is 87.7 Å². The highest BCUT2D eigenvalue weighted by molar-refractivity contribution is 6.10. The summed E-state index contributed by atoms with van der Waals surface area (Å²) in [4.78, 5) is 37.9. The molecule has 1 saturated carbocycles. The zero-order chi connectivity index (χ0) is 20.1. The van der Waals surface area contributed by atoms with Crippen LogP contribution in [-0.2, 0) is 17.8 Å². The van der Waals surface area contributed by atoms with Gasteiger partial charge in [0.1, 0.15) is 18.2 Å². The largest absolute Gasteiger partial charge is 0.447 e. The van der Waals surface area contributed by atoms with Crippen molar-refractivity contribution in [2.45, 2.75) is 44.8 Å². The van der Waals surface area contributed by atoms with Gasteiger partial charge in [0.25, 0.3) is 5.91 Å². The van der Waals surface area contributed by atoms with Crippen LogP contribution in [0, 0.1) is 0 Å². The number of nitrogens with one attached hydrogen (secondary N) is 1. The molecule has 0 aromatic carbocycles. The van der Waals surface area contributed by atoms with Crippen LogP contribution in [0.3, 0.4) is 0 Å². The second kappa shape index (κ2) is 6.81. The van der Waals surface area contributed by atoms with Gasteiger partial charge in [-0.1, -0.05) is 6.07 Å². The molecule has 2 aromatic rings. The first kappa shape index (κ1) is 18.1. The molecule has 1 saturated heterocycles. The first-order chi connectivity index (χ1) is 14.1. The number of aromatic nitrogens is 2. The van der Waals surface area contributed by atoms with E-state index in [1.54, 1.807) is 17.0 Å². The van der Waals surface area contributed by atoms with Crippen molar-refractivity contribution in [3.8, 4) is 0 Å². The highest BCUT2D eigenvalue weighted by Gasteiger charge is 2.36. The van der Waals surface area contributed by atoms with Crippen LogP contribution in [-0.4, -0.2) is 41.7 Å². The maximum Gasteiger partial charge on any atom is 0.415 e. The van der Waals surface area contributed by atoms with Gasteiger partial charge in [-0.2, -0.15) is 0 Å². The van der Waals surface area contributed by atoms with Gasteiger partial charge in [-0.05, 0) is 45.0 Å². The highest BCUT2D eigenvalue weighted by Crippen LogP contribution is 2.41. The van der Waals surface area contributed by atoms with E-state index < -0.39 is 6.09 Å². The average molecular weight is 393 g/mol. The van der Waals surface area contributed by atoms with E-state index in [9.17, 15) is 9.59 Å². The fraction of sp³-hybridized carbons (Fsp3) is 0.429. The Labute approximate surface area is 168 Å². The van der Waals surface area contributed by atoms with Gasteiger partial charge >= 0.3 is 6.09 Å². The Morgan fingerprint density at radius 2 is 2.00 bits per heavy atom. The number of nitrogens with zero attached hydrogens (tertiary/aromatic N) is 4. The molecular weight excluding hydrogens is 370 g/mol. The monoisotopic (exact) mass is 393 g/mol. The fourth-order valence-electron chi connectivity index (χ4n) is 4.01. The third kappa shape index (κ3) is 3.04. The third-order valence-corrected chi connectivity index (χ3v) is 5.69. The van der Waals surface area contributed by atoms with E-state index in [0.717, 1.165) is 29.8 Å². The minimum atomic E-state index is -0.409. The van der Waals surface area contributed by atoms with E-state index in [4.69, 9.17) is 9.72 Å². The number of carbonyl (C=O) groups is 2. The number of rotatable bonds is 5. The second-order valence-corrected chi connectivity index (χ2v) is 7.87. The molecule has 8 nitrogen and oxygen atoms in total. The third-order valence-electron chi connectivity index (χ3n) is 5.69. The molecule has 0 bridgehead atoms. The van der Waals surface area contributed by atoms with Gasteiger partial charge < -0.3 is 10.1 Å². The Balaban J connectivity index is 1.50. The lowest BCUT2D eigenvalue weighted by Crippen LogP contribution is -2.32. The summed E-state index contributed by atoms with van der Waals surface area (Å²) in [6.07, 6.45) is 1.86. The molecule has 2 fully saturated rings. The average Bonchev–Trinajstić information content (AvgIpc) is 3.44. The summed E-state index contributed by atoms with van der Waals surface area (Å²) < 4.78 is 5.10. The lowest BCUT2D eigenvalue weighted by Gasteiger charge is -2.20. The Kier molecular flexibility index (Phi) is 4.24. The smallest absolute Gasteiger partial charge is 0.415 e. The van der Waals surface area contributed by atoms with Crippen molar-refractivity contribution in [3.63, 3.8) is 0 Å². The standard InChI is InChI=1S/C21H23N5O3/c1-12-11-29-21(28)26(12)19-5-3-4-18(24-19)25-10-15-14(20(25)27)8-16(13-6-7-13)23-17(15)9-22-2/h3-5,8,12-13,22H,6-7,9-11H2,1-2H3/t12-/m0/s1. The summed E-state index contributed by atoms with van der Waals surface area (Å²) in [7, 11) is 1.88. The number of carbonyl (C=O) groups excluding carboxylic acids is 2. The Morgan fingerprint density at radius 1 is 1.21 bits per heavy atom. The minimum Gasteiger partial charge on any atom is -0.447 e. The normalized spacial score (nSPS) is 21.0. The molecule has 3 aliphatic rings. The van der Waals surface area contributed by atoms with Crippen molar-refractivity contribution in [3.05, 3.63) is 46.8 Å². The number of amides is 2. The number of fused-ring (bicyclic) bond motifs is 1. The summed E-state index contributed by atoms with van der Waals surface area (Å²) in [6.45, 7) is 3.29. The lowest BCUT2D eigenvalue weighted by atomic mass is 10.1. The number of hydrogen-bond donors (Lipinski definition) is 1. The summed E-state index contributed by atoms with van der Waals surface area (Å²) in [5.41, 5.74) is 3.61. The zero-order valence-corrected chi connectivity index (χ0v) is 16.5. The molecule has 29 heavy (non-hydrogen) atoms. The van der Waals surface area contributed by atoms with Crippen LogP contribution in [0.2, 0.25) is 0 Å². The summed E-state index contributed by atoms with van der Waals surface area (Å²) in [5, 5.41) is 3.16. The summed E-state index contributed by atoms with van der Waals surface area (Å²) >= 11 is 0. The number of ether oxygens (including phenoxy) is 1. The first-order valence-electron chi connectivity index (χ1n) is 9.99. The second-order valence-electron chi connectivity index (χ2n) is 7.87. The molecule has 1 aliphatic carbocycles. The van der Waals surface area contributed by atoms with Gasteiger partial charge in [-0.3, -0.25) is 19.6 Å². The molecule has 0 spiro atoms. The predicted molar refractivity (Wildman–Crippen MR) is 107 cm³/mol. The van der Waals surface area contributed by atoms with Crippen LogP contribution in [0.1, 0.15) is 53.0 Å². The molecule has 0 radical (unpaired) electrons. The van der Waals surface area contributed by atoms with E-state index in [2.05, 4.69) is 10.3 Å². The number of anilines is 2. The van der Waals surface area contributed by atoms with Crippen molar-refractivity contribution in [2.75, 3.05) is 23.5 Å². The molecule has 0 unspecified atom stereocenters. The van der Waals surface area contributed by atoms with Crippen LogP contribution < -0.4 is 15.1 Å². The molecule has 8 heteroatoms. The van der Waals surface area contributed by atoms with E-state index in [-0.39, 0.29) is 11.9 Å². The van der Waals surface area contributed by atoms with Gasteiger partial charge in [0, 0.05) is 29.3 Å². The van der Waals surface area contributed by atoms with E-state index in [1.165, 1.54) is 4.90 Å². The van der Waals surface area contributed by atoms with Crippen molar-refractivity contribution in [1.29, 1.82) is 0 Å². The van der Waals surface area contributed by atoms with Crippen LogP contribution >= 0.6 is 0 Å². The van der Waals surface area contributed by atoms with Gasteiger partial charge in [0.05, 0.1) is 18.3 Å². The number of hydrogen-bond acceptors (Lipinski definition) is 6. The van der Waals surface area contributed by atoms with Crippen molar-refractivity contribution in [2.24, 2.45) is 0 Å². The first-order valence-corrected chi connectivity index (χ1v) is 9.99. The van der Waals surface area contributed by atoms with Crippen molar-refractivity contribution in [1.82, 2.24) is 15.3 Å². The summed E-state index contributed by atoms with van der Waals surface area (Å²) in [5.74, 6) is 1.43. The summed E-state index contributed by atoms with van der Waals surface area (Å²) in [6, 6.07) is 7.24.